The van der Waals surface area contributed by atoms with Crippen LogP contribution in [0.1, 0.15) is 5.56 Å². The smallest absolute Gasteiger partial charge is 0.360 e. The van der Waals surface area contributed by atoms with Gasteiger partial charge >= 0.3 is 6.18 Å². The number of carbonyl (C=O) groups excluding carboxylic acids is 1. The van der Waals surface area contributed by atoms with Crippen molar-refractivity contribution < 1.29 is 18.0 Å². The summed E-state index contributed by atoms with van der Waals surface area (Å²) in [5.41, 5.74) is -1.09. The minimum absolute atomic E-state index is 0.0765. The van der Waals surface area contributed by atoms with E-state index in [1.807, 2.05) is 0 Å². The highest BCUT2D eigenvalue weighted by molar-refractivity contribution is 6.31. The third-order valence-electron chi connectivity index (χ3n) is 3.41. The highest BCUT2D eigenvalue weighted by Crippen LogP contribution is 2.36. The molecule has 1 aromatic carbocycles. The van der Waals surface area contributed by atoms with Crippen molar-refractivity contribution in [2.45, 2.75) is 6.18 Å². The molecule has 1 fully saturated rings. The normalized spacial score (nSPS) is 15.8. The Balaban J connectivity index is 2.16. The van der Waals surface area contributed by atoms with E-state index in [0.29, 0.717) is 26.2 Å². The Labute approximate surface area is 141 Å². The monoisotopic (exact) mass is 358 g/mol. The van der Waals surface area contributed by atoms with Crippen LogP contribution in [-0.2, 0) is 11.0 Å². The van der Waals surface area contributed by atoms with Crippen LogP contribution in [0.2, 0.25) is 5.02 Å². The number of halogens is 4. The summed E-state index contributed by atoms with van der Waals surface area (Å²) in [5, 5.41) is 14.3. The van der Waals surface area contributed by atoms with Crippen molar-refractivity contribution in [1.29, 1.82) is 5.26 Å². The maximum atomic E-state index is 12.8. The van der Waals surface area contributed by atoms with E-state index in [1.165, 1.54) is 11.0 Å². The fraction of sp³-hybridized carbons (Fsp3) is 0.333. The standard InChI is InChI=1S/C15H14ClF3N4O/c16-13-2-1-11(7-12(13)15(17,18)19)22-9-10(8-20)14(24)23-5-3-21-4-6-23/h1-2,7,9,21-22H,3-6H2/b10-9-. The van der Waals surface area contributed by atoms with Gasteiger partial charge in [0.25, 0.3) is 5.91 Å². The maximum absolute atomic E-state index is 12.8. The van der Waals surface area contributed by atoms with Crippen LogP contribution in [0.25, 0.3) is 0 Å². The molecule has 0 aliphatic carbocycles. The fourth-order valence-electron chi connectivity index (χ4n) is 2.17. The average molecular weight is 359 g/mol. The van der Waals surface area contributed by atoms with Crippen LogP contribution in [0, 0.1) is 11.3 Å². The summed E-state index contributed by atoms with van der Waals surface area (Å²) in [7, 11) is 0. The quantitative estimate of drug-likeness (QED) is 0.644. The van der Waals surface area contributed by atoms with Crippen molar-refractivity contribution in [3.8, 4) is 6.07 Å². The number of benzene rings is 1. The molecule has 1 aromatic rings. The van der Waals surface area contributed by atoms with Gasteiger partial charge in [-0.05, 0) is 18.2 Å². The van der Waals surface area contributed by atoms with Crippen LogP contribution >= 0.6 is 11.6 Å². The van der Waals surface area contributed by atoms with Crippen LogP contribution in [0.4, 0.5) is 18.9 Å². The van der Waals surface area contributed by atoms with Gasteiger partial charge in [-0.1, -0.05) is 11.6 Å². The molecule has 1 amide bonds. The molecule has 1 heterocycles. The first-order valence-electron chi connectivity index (χ1n) is 7.06. The highest BCUT2D eigenvalue weighted by atomic mass is 35.5. The predicted octanol–water partition coefficient (Wildman–Crippen LogP) is 2.61. The van der Waals surface area contributed by atoms with Crippen molar-refractivity contribution >= 4 is 23.2 Å². The number of amides is 1. The van der Waals surface area contributed by atoms with Crippen molar-refractivity contribution in [2.24, 2.45) is 0 Å². The van der Waals surface area contributed by atoms with Gasteiger partial charge in [0.05, 0.1) is 10.6 Å². The Morgan fingerprint density at radius 2 is 2.04 bits per heavy atom. The number of piperazine rings is 1. The van der Waals surface area contributed by atoms with Gasteiger partial charge in [-0.2, -0.15) is 18.4 Å². The van der Waals surface area contributed by atoms with Gasteiger partial charge in [-0.15, -0.1) is 0 Å². The van der Waals surface area contributed by atoms with Gasteiger partial charge in [-0.25, -0.2) is 0 Å². The van der Waals surface area contributed by atoms with E-state index in [9.17, 15) is 18.0 Å². The summed E-state index contributed by atoms with van der Waals surface area (Å²) in [5.74, 6) is -0.462. The van der Waals surface area contributed by atoms with E-state index in [2.05, 4.69) is 10.6 Å². The van der Waals surface area contributed by atoms with Crippen LogP contribution in [0.15, 0.2) is 30.0 Å². The molecule has 5 nitrogen and oxygen atoms in total. The molecule has 0 radical (unpaired) electrons. The van der Waals surface area contributed by atoms with E-state index >= 15 is 0 Å². The first-order chi connectivity index (χ1) is 11.3. The zero-order chi connectivity index (χ0) is 17.7. The molecule has 1 aliphatic heterocycles. The summed E-state index contributed by atoms with van der Waals surface area (Å²) in [6.07, 6.45) is -3.49. The number of carbonyl (C=O) groups is 1. The summed E-state index contributed by atoms with van der Waals surface area (Å²) < 4.78 is 38.5. The van der Waals surface area contributed by atoms with Gasteiger partial charge in [0.1, 0.15) is 11.6 Å². The molecular weight excluding hydrogens is 345 g/mol. The highest BCUT2D eigenvalue weighted by Gasteiger charge is 2.33. The first-order valence-corrected chi connectivity index (χ1v) is 7.44. The average Bonchev–Trinajstić information content (AvgIpc) is 2.56. The number of hydrogen-bond donors (Lipinski definition) is 2. The SMILES string of the molecule is N#C/C(=C/Nc1ccc(Cl)c(C(F)(F)F)c1)C(=O)N1CCNCC1. The summed E-state index contributed by atoms with van der Waals surface area (Å²) in [6, 6.07) is 5.02. The fourth-order valence-corrected chi connectivity index (χ4v) is 2.39. The van der Waals surface area contributed by atoms with Crippen LogP contribution in [-0.4, -0.2) is 37.0 Å². The van der Waals surface area contributed by atoms with Crippen molar-refractivity contribution in [2.75, 3.05) is 31.5 Å². The minimum Gasteiger partial charge on any atom is -0.360 e. The molecule has 2 N–H and O–H groups in total. The van der Waals surface area contributed by atoms with Gasteiger partial charge < -0.3 is 15.5 Å². The lowest BCUT2D eigenvalue weighted by atomic mass is 10.2. The van der Waals surface area contributed by atoms with Gasteiger partial charge in [0.15, 0.2) is 0 Å². The number of nitrogens with zero attached hydrogens (tertiary/aromatic N) is 2. The number of alkyl halides is 3. The van der Waals surface area contributed by atoms with E-state index < -0.39 is 22.7 Å². The minimum atomic E-state index is -4.59. The van der Waals surface area contributed by atoms with Crippen LogP contribution in [0.5, 0.6) is 0 Å². The second kappa shape index (κ2) is 7.55. The van der Waals surface area contributed by atoms with Crippen molar-refractivity contribution in [3.63, 3.8) is 0 Å². The van der Waals surface area contributed by atoms with E-state index in [-0.39, 0.29) is 11.3 Å². The molecular formula is C15H14ClF3N4O. The molecule has 0 unspecified atom stereocenters. The number of rotatable bonds is 3. The lowest BCUT2D eigenvalue weighted by molar-refractivity contribution is -0.137. The first kappa shape index (κ1) is 18.1. The summed E-state index contributed by atoms with van der Waals surface area (Å²) in [4.78, 5) is 13.7. The maximum Gasteiger partial charge on any atom is 0.417 e. The number of nitrogens with one attached hydrogen (secondary N) is 2. The lowest BCUT2D eigenvalue weighted by Crippen LogP contribution is -2.46. The van der Waals surface area contributed by atoms with Crippen LogP contribution < -0.4 is 10.6 Å². The third-order valence-corrected chi connectivity index (χ3v) is 3.74. The predicted molar refractivity (Wildman–Crippen MR) is 83.2 cm³/mol. The van der Waals surface area contributed by atoms with E-state index in [4.69, 9.17) is 16.9 Å². The van der Waals surface area contributed by atoms with Crippen LogP contribution in [0.3, 0.4) is 0 Å². The Hall–Kier alpha value is -2.24. The van der Waals surface area contributed by atoms with Gasteiger partial charge in [-0.3, -0.25) is 4.79 Å². The molecule has 24 heavy (non-hydrogen) atoms. The topological polar surface area (TPSA) is 68.2 Å². The molecule has 0 bridgehead atoms. The van der Waals surface area contributed by atoms with Crippen molar-refractivity contribution in [3.05, 3.63) is 40.6 Å². The number of hydrogen-bond acceptors (Lipinski definition) is 4. The van der Waals surface area contributed by atoms with Crippen molar-refractivity contribution in [1.82, 2.24) is 10.2 Å². The number of nitriles is 1. The van der Waals surface area contributed by atoms with E-state index in [1.54, 1.807) is 6.07 Å². The zero-order valence-electron chi connectivity index (χ0n) is 12.5. The summed E-state index contributed by atoms with van der Waals surface area (Å²) >= 11 is 5.54. The molecule has 0 atom stereocenters. The molecule has 2 rings (SSSR count). The second-order valence-electron chi connectivity index (χ2n) is 5.05. The molecule has 0 saturated carbocycles. The Morgan fingerprint density at radius 3 is 2.62 bits per heavy atom. The lowest BCUT2D eigenvalue weighted by Gasteiger charge is -2.27. The number of anilines is 1. The second-order valence-corrected chi connectivity index (χ2v) is 5.46. The van der Waals surface area contributed by atoms with Gasteiger partial charge in [0, 0.05) is 38.1 Å². The van der Waals surface area contributed by atoms with E-state index in [0.717, 1.165) is 18.3 Å². The molecule has 0 aromatic heterocycles. The van der Waals surface area contributed by atoms with Gasteiger partial charge in [0.2, 0.25) is 0 Å². The molecule has 128 valence electrons. The third kappa shape index (κ3) is 4.40. The largest absolute Gasteiger partial charge is 0.417 e. The molecule has 0 spiro atoms. The molecule has 1 aliphatic rings. The zero-order valence-corrected chi connectivity index (χ0v) is 13.2. The Kier molecular flexibility index (Phi) is 5.70. The Morgan fingerprint density at radius 1 is 1.38 bits per heavy atom. The summed E-state index contributed by atoms with van der Waals surface area (Å²) in [6.45, 7) is 2.20. The molecule has 1 saturated heterocycles. The Bertz CT molecular complexity index is 691. The molecule has 9 heteroatoms.